The number of nitrogens with one attached hydrogen (secondary N) is 1. The average molecular weight is 377 g/mol. The van der Waals surface area contributed by atoms with Crippen LogP contribution in [0.3, 0.4) is 0 Å². The van der Waals surface area contributed by atoms with Crippen molar-refractivity contribution in [2.75, 3.05) is 5.32 Å². The molecule has 0 radical (unpaired) electrons. The lowest BCUT2D eigenvalue weighted by molar-refractivity contribution is -0.384. The number of carbonyl (C=O) groups is 1. The largest absolute Gasteiger partial charge is 0.573 e. The van der Waals surface area contributed by atoms with E-state index in [1.54, 1.807) is 0 Å². The van der Waals surface area contributed by atoms with Crippen LogP contribution in [-0.4, -0.2) is 17.4 Å². The van der Waals surface area contributed by atoms with Gasteiger partial charge in [0.2, 0.25) is 0 Å². The van der Waals surface area contributed by atoms with E-state index in [0.29, 0.717) is 0 Å². The smallest absolute Gasteiger partial charge is 0.410 e. The molecule has 0 aliphatic rings. The molecule has 0 spiro atoms. The number of hydrogen-bond acceptors (Lipinski definition) is 5. The van der Waals surface area contributed by atoms with Crippen LogP contribution in [-0.2, 0) is 0 Å². The van der Waals surface area contributed by atoms with Gasteiger partial charge in [-0.05, 0) is 30.3 Å². The topological polar surface area (TPSA) is 90.7 Å². The molecule has 2 aromatic carbocycles. The molecule has 7 nitrogen and oxygen atoms in total. The SMILES string of the molecule is O=C(Nc1ccc(OC(F)(F)F)c(Cl)c1)Oc1ccc([N+](=O)[O-])cc1. The molecule has 0 aliphatic heterocycles. The van der Waals surface area contributed by atoms with Gasteiger partial charge in [0.15, 0.2) is 0 Å². The Hall–Kier alpha value is -3.01. The number of nitro benzene ring substituents is 1. The summed E-state index contributed by atoms with van der Waals surface area (Å²) in [6, 6.07) is 7.81. The minimum Gasteiger partial charge on any atom is -0.410 e. The third-order valence-electron chi connectivity index (χ3n) is 2.66. The maximum atomic E-state index is 12.1. The normalized spacial score (nSPS) is 10.9. The van der Waals surface area contributed by atoms with E-state index in [0.717, 1.165) is 30.3 Å². The number of hydrogen-bond donors (Lipinski definition) is 1. The zero-order chi connectivity index (χ0) is 18.6. The van der Waals surface area contributed by atoms with Crippen molar-refractivity contribution >= 4 is 29.1 Å². The molecular weight excluding hydrogens is 369 g/mol. The predicted octanol–water partition coefficient (Wildman–Crippen LogP) is 4.76. The van der Waals surface area contributed by atoms with E-state index < -0.39 is 23.1 Å². The van der Waals surface area contributed by atoms with Crippen molar-refractivity contribution < 1.29 is 32.4 Å². The number of nitro groups is 1. The van der Waals surface area contributed by atoms with Gasteiger partial charge < -0.3 is 9.47 Å². The molecular formula is C14H8ClF3N2O5. The molecule has 11 heteroatoms. The van der Waals surface area contributed by atoms with E-state index in [4.69, 9.17) is 16.3 Å². The number of rotatable bonds is 4. The molecule has 0 aromatic heterocycles. The zero-order valence-electron chi connectivity index (χ0n) is 12.0. The van der Waals surface area contributed by atoms with Crippen molar-refractivity contribution in [1.82, 2.24) is 0 Å². The summed E-state index contributed by atoms with van der Waals surface area (Å²) in [5.74, 6) is -0.588. The lowest BCUT2D eigenvalue weighted by Crippen LogP contribution is -2.18. The van der Waals surface area contributed by atoms with Gasteiger partial charge >= 0.3 is 12.5 Å². The number of alkyl halides is 3. The van der Waals surface area contributed by atoms with Gasteiger partial charge in [-0.2, -0.15) is 0 Å². The fourth-order valence-corrected chi connectivity index (χ4v) is 1.89. The maximum Gasteiger partial charge on any atom is 0.573 e. The van der Waals surface area contributed by atoms with Crippen LogP contribution in [0.5, 0.6) is 11.5 Å². The zero-order valence-corrected chi connectivity index (χ0v) is 12.8. The van der Waals surface area contributed by atoms with E-state index in [9.17, 15) is 28.1 Å². The summed E-state index contributed by atoms with van der Waals surface area (Å²) in [4.78, 5) is 21.6. The molecule has 0 aliphatic carbocycles. The minimum atomic E-state index is -4.90. The van der Waals surface area contributed by atoms with E-state index >= 15 is 0 Å². The van der Waals surface area contributed by atoms with Crippen LogP contribution in [0.1, 0.15) is 0 Å². The highest BCUT2D eigenvalue weighted by molar-refractivity contribution is 6.32. The number of amides is 1. The summed E-state index contributed by atoms with van der Waals surface area (Å²) >= 11 is 5.65. The standard InChI is InChI=1S/C14H8ClF3N2O5/c15-11-7-8(1-6-12(11)25-14(16,17)18)19-13(21)24-10-4-2-9(3-5-10)20(22)23/h1-7H,(H,19,21). The maximum absolute atomic E-state index is 12.1. The Morgan fingerprint density at radius 2 is 1.80 bits per heavy atom. The van der Waals surface area contributed by atoms with Crippen LogP contribution in [0.2, 0.25) is 5.02 Å². The lowest BCUT2D eigenvalue weighted by atomic mass is 10.3. The molecule has 0 fully saturated rings. The molecule has 1 amide bonds. The molecule has 0 saturated heterocycles. The first-order valence-corrected chi connectivity index (χ1v) is 6.80. The van der Waals surface area contributed by atoms with Crippen LogP contribution in [0.25, 0.3) is 0 Å². The molecule has 25 heavy (non-hydrogen) atoms. The number of carbonyl (C=O) groups excluding carboxylic acids is 1. The molecule has 0 atom stereocenters. The van der Waals surface area contributed by atoms with Gasteiger partial charge in [-0.25, -0.2) is 4.79 Å². The fourth-order valence-electron chi connectivity index (χ4n) is 1.67. The summed E-state index contributed by atoms with van der Waals surface area (Å²) in [5.41, 5.74) is -0.119. The Labute approximate surface area is 143 Å². The number of halogens is 4. The average Bonchev–Trinajstić information content (AvgIpc) is 2.49. The van der Waals surface area contributed by atoms with Gasteiger partial charge in [0.05, 0.1) is 9.95 Å². The first-order chi connectivity index (χ1) is 11.6. The Balaban J connectivity index is 2.00. The summed E-state index contributed by atoms with van der Waals surface area (Å²) < 4.78 is 45.0. The number of anilines is 1. The second kappa shape index (κ2) is 7.26. The van der Waals surface area contributed by atoms with Gasteiger partial charge in [-0.3, -0.25) is 15.4 Å². The van der Waals surface area contributed by atoms with Crippen molar-refractivity contribution in [2.24, 2.45) is 0 Å². The van der Waals surface area contributed by atoms with Gasteiger partial charge in [-0.15, -0.1) is 13.2 Å². The van der Waals surface area contributed by atoms with Crippen molar-refractivity contribution in [2.45, 2.75) is 6.36 Å². The Morgan fingerprint density at radius 1 is 1.16 bits per heavy atom. The van der Waals surface area contributed by atoms with E-state index in [1.165, 1.54) is 12.1 Å². The lowest BCUT2D eigenvalue weighted by Gasteiger charge is -2.12. The summed E-state index contributed by atoms with van der Waals surface area (Å²) in [7, 11) is 0. The van der Waals surface area contributed by atoms with Crippen molar-refractivity contribution in [1.29, 1.82) is 0 Å². The molecule has 0 unspecified atom stereocenters. The summed E-state index contributed by atoms with van der Waals surface area (Å²) in [5, 5.41) is 12.4. The molecule has 2 aromatic rings. The summed E-state index contributed by atoms with van der Waals surface area (Å²) in [6.45, 7) is 0. The number of nitrogens with zero attached hydrogens (tertiary/aromatic N) is 1. The monoisotopic (exact) mass is 376 g/mol. The molecule has 2 rings (SSSR count). The molecule has 0 saturated carbocycles. The van der Waals surface area contributed by atoms with Crippen LogP contribution in [0.4, 0.5) is 29.3 Å². The highest BCUT2D eigenvalue weighted by atomic mass is 35.5. The predicted molar refractivity (Wildman–Crippen MR) is 80.9 cm³/mol. The first-order valence-electron chi connectivity index (χ1n) is 6.42. The fraction of sp³-hybridized carbons (Fsp3) is 0.0714. The van der Waals surface area contributed by atoms with Crippen molar-refractivity contribution in [3.8, 4) is 11.5 Å². The number of non-ortho nitro benzene ring substituents is 1. The Bertz CT molecular complexity index is 796. The van der Waals surface area contributed by atoms with Crippen LogP contribution in [0, 0.1) is 10.1 Å². The third-order valence-corrected chi connectivity index (χ3v) is 2.96. The molecule has 0 heterocycles. The van der Waals surface area contributed by atoms with Gasteiger partial charge in [0.25, 0.3) is 5.69 Å². The van der Waals surface area contributed by atoms with Gasteiger partial charge in [0, 0.05) is 17.8 Å². The second-order valence-electron chi connectivity index (χ2n) is 4.46. The minimum absolute atomic E-state index is 0.0335. The quantitative estimate of drug-likeness (QED) is 0.613. The Morgan fingerprint density at radius 3 is 2.32 bits per heavy atom. The van der Waals surface area contributed by atoms with Crippen LogP contribution in [0.15, 0.2) is 42.5 Å². The van der Waals surface area contributed by atoms with E-state index in [-0.39, 0.29) is 22.1 Å². The first kappa shape index (κ1) is 18.3. The molecule has 0 bridgehead atoms. The van der Waals surface area contributed by atoms with Crippen molar-refractivity contribution in [3.05, 3.63) is 57.6 Å². The van der Waals surface area contributed by atoms with Crippen LogP contribution >= 0.6 is 11.6 Å². The molecule has 1 N–H and O–H groups in total. The molecule has 132 valence electrons. The Kier molecular flexibility index (Phi) is 5.32. The third kappa shape index (κ3) is 5.53. The van der Waals surface area contributed by atoms with E-state index in [2.05, 4.69) is 10.1 Å². The highest BCUT2D eigenvalue weighted by Gasteiger charge is 2.32. The number of benzene rings is 2. The van der Waals surface area contributed by atoms with Crippen molar-refractivity contribution in [3.63, 3.8) is 0 Å². The second-order valence-corrected chi connectivity index (χ2v) is 4.87. The highest BCUT2D eigenvalue weighted by Crippen LogP contribution is 2.32. The number of ether oxygens (including phenoxy) is 2. The van der Waals surface area contributed by atoms with E-state index in [1.807, 2.05) is 0 Å². The summed E-state index contributed by atoms with van der Waals surface area (Å²) in [6.07, 6.45) is -5.86. The van der Waals surface area contributed by atoms with Gasteiger partial charge in [0.1, 0.15) is 11.5 Å². The van der Waals surface area contributed by atoms with Gasteiger partial charge in [-0.1, -0.05) is 11.6 Å². The van der Waals surface area contributed by atoms with Crippen LogP contribution < -0.4 is 14.8 Å².